The SMILES string of the molecule is COc1cc(Cl)c(CNCc2ccc(OCC3CCCO3)c(OC)c2)cc1OC. The number of rotatable bonds is 10. The molecule has 0 aliphatic carbocycles. The van der Waals surface area contributed by atoms with Gasteiger partial charge in [0.1, 0.15) is 6.61 Å². The van der Waals surface area contributed by atoms with Crippen molar-refractivity contribution in [2.75, 3.05) is 34.5 Å². The van der Waals surface area contributed by atoms with E-state index in [0.29, 0.717) is 42.0 Å². The molecule has 3 rings (SSSR count). The van der Waals surface area contributed by atoms with Crippen molar-refractivity contribution in [3.8, 4) is 23.0 Å². The molecule has 1 unspecified atom stereocenters. The first-order chi connectivity index (χ1) is 14.1. The summed E-state index contributed by atoms with van der Waals surface area (Å²) in [5.74, 6) is 2.72. The summed E-state index contributed by atoms with van der Waals surface area (Å²) in [6, 6.07) is 9.59. The molecule has 0 spiro atoms. The Morgan fingerprint density at radius 3 is 2.38 bits per heavy atom. The van der Waals surface area contributed by atoms with Gasteiger partial charge in [-0.15, -0.1) is 0 Å². The van der Waals surface area contributed by atoms with E-state index in [1.165, 1.54) is 0 Å². The maximum atomic E-state index is 6.35. The molecule has 0 saturated carbocycles. The van der Waals surface area contributed by atoms with E-state index in [1.54, 1.807) is 27.4 Å². The van der Waals surface area contributed by atoms with E-state index >= 15 is 0 Å². The van der Waals surface area contributed by atoms with Crippen molar-refractivity contribution in [2.24, 2.45) is 0 Å². The van der Waals surface area contributed by atoms with Crippen LogP contribution in [0.1, 0.15) is 24.0 Å². The Labute approximate surface area is 177 Å². The van der Waals surface area contributed by atoms with E-state index in [0.717, 1.165) is 36.3 Å². The molecule has 0 radical (unpaired) electrons. The number of benzene rings is 2. The zero-order valence-electron chi connectivity index (χ0n) is 17.1. The summed E-state index contributed by atoms with van der Waals surface area (Å²) in [4.78, 5) is 0. The predicted octanol–water partition coefficient (Wildman–Crippen LogP) is 4.21. The van der Waals surface area contributed by atoms with E-state index < -0.39 is 0 Å². The van der Waals surface area contributed by atoms with E-state index in [4.69, 9.17) is 35.3 Å². The fourth-order valence-electron chi connectivity index (χ4n) is 3.27. The van der Waals surface area contributed by atoms with Gasteiger partial charge in [-0.3, -0.25) is 0 Å². The number of hydrogen-bond acceptors (Lipinski definition) is 6. The molecule has 29 heavy (non-hydrogen) atoms. The Bertz CT molecular complexity index is 808. The van der Waals surface area contributed by atoms with Gasteiger partial charge in [0.25, 0.3) is 0 Å². The first-order valence-corrected chi connectivity index (χ1v) is 10.0. The molecule has 1 atom stereocenters. The predicted molar refractivity (Wildman–Crippen MR) is 113 cm³/mol. The van der Waals surface area contributed by atoms with Gasteiger partial charge in [-0.2, -0.15) is 0 Å². The van der Waals surface area contributed by atoms with Crippen molar-refractivity contribution < 1.29 is 23.7 Å². The Morgan fingerprint density at radius 1 is 0.966 bits per heavy atom. The number of methoxy groups -OCH3 is 3. The summed E-state index contributed by atoms with van der Waals surface area (Å²) in [5, 5.41) is 4.03. The van der Waals surface area contributed by atoms with Gasteiger partial charge in [0.15, 0.2) is 23.0 Å². The summed E-state index contributed by atoms with van der Waals surface area (Å²) in [5.41, 5.74) is 2.02. The van der Waals surface area contributed by atoms with Crippen LogP contribution < -0.4 is 24.3 Å². The molecule has 1 heterocycles. The summed E-state index contributed by atoms with van der Waals surface area (Å²) < 4.78 is 27.6. The summed E-state index contributed by atoms with van der Waals surface area (Å²) in [6.07, 6.45) is 2.32. The molecule has 2 aromatic rings. The third kappa shape index (κ3) is 5.69. The third-order valence-electron chi connectivity index (χ3n) is 4.87. The van der Waals surface area contributed by atoms with E-state index in [1.807, 2.05) is 24.3 Å². The van der Waals surface area contributed by atoms with Crippen molar-refractivity contribution in [2.45, 2.75) is 32.0 Å². The molecule has 0 amide bonds. The molecule has 0 aromatic heterocycles. The first kappa shape index (κ1) is 21.6. The lowest BCUT2D eigenvalue weighted by Gasteiger charge is -2.15. The van der Waals surface area contributed by atoms with E-state index in [2.05, 4.69) is 5.32 Å². The largest absolute Gasteiger partial charge is 0.493 e. The highest BCUT2D eigenvalue weighted by Crippen LogP contribution is 2.33. The normalized spacial score (nSPS) is 15.9. The monoisotopic (exact) mass is 421 g/mol. The average Bonchev–Trinajstić information content (AvgIpc) is 3.27. The smallest absolute Gasteiger partial charge is 0.162 e. The Hall–Kier alpha value is -2.15. The Morgan fingerprint density at radius 2 is 1.69 bits per heavy atom. The maximum absolute atomic E-state index is 6.35. The summed E-state index contributed by atoms with van der Waals surface area (Å²) in [7, 11) is 4.85. The van der Waals surface area contributed by atoms with Gasteiger partial charge in [-0.05, 0) is 42.2 Å². The lowest BCUT2D eigenvalue weighted by Crippen LogP contribution is -2.17. The quantitative estimate of drug-likeness (QED) is 0.620. The molecule has 1 aliphatic rings. The summed E-state index contributed by atoms with van der Waals surface area (Å²) >= 11 is 6.35. The van der Waals surface area contributed by atoms with Crippen LogP contribution in [-0.2, 0) is 17.8 Å². The maximum Gasteiger partial charge on any atom is 0.162 e. The van der Waals surface area contributed by atoms with Gasteiger partial charge in [0, 0.05) is 30.8 Å². The van der Waals surface area contributed by atoms with Crippen LogP contribution in [0.25, 0.3) is 0 Å². The van der Waals surface area contributed by atoms with Gasteiger partial charge >= 0.3 is 0 Å². The lowest BCUT2D eigenvalue weighted by atomic mass is 10.1. The topological polar surface area (TPSA) is 58.2 Å². The minimum Gasteiger partial charge on any atom is -0.493 e. The van der Waals surface area contributed by atoms with Crippen LogP contribution in [0.2, 0.25) is 5.02 Å². The van der Waals surface area contributed by atoms with E-state index in [-0.39, 0.29) is 6.10 Å². The highest BCUT2D eigenvalue weighted by atomic mass is 35.5. The molecule has 2 aromatic carbocycles. The van der Waals surface area contributed by atoms with E-state index in [9.17, 15) is 0 Å². The minimum absolute atomic E-state index is 0.173. The van der Waals surface area contributed by atoms with Crippen LogP contribution >= 0.6 is 11.6 Å². The van der Waals surface area contributed by atoms with Gasteiger partial charge in [0.2, 0.25) is 0 Å². The number of ether oxygens (including phenoxy) is 5. The van der Waals surface area contributed by atoms with Crippen LogP contribution in [0.4, 0.5) is 0 Å². The number of halogens is 1. The van der Waals surface area contributed by atoms with Crippen molar-refractivity contribution in [1.29, 1.82) is 0 Å². The molecule has 0 bridgehead atoms. The molecular formula is C22H28ClNO5. The fourth-order valence-corrected chi connectivity index (χ4v) is 3.49. The van der Waals surface area contributed by atoms with Crippen molar-refractivity contribution in [1.82, 2.24) is 5.32 Å². The average molecular weight is 422 g/mol. The molecule has 1 saturated heterocycles. The molecule has 1 aliphatic heterocycles. The van der Waals surface area contributed by atoms with Gasteiger partial charge in [-0.25, -0.2) is 0 Å². The molecule has 7 heteroatoms. The first-order valence-electron chi connectivity index (χ1n) is 9.67. The molecule has 1 fully saturated rings. The highest BCUT2D eigenvalue weighted by molar-refractivity contribution is 6.31. The second kappa shape index (κ2) is 10.6. The standard InChI is InChI=1S/C22H28ClNO5/c1-25-20-9-15(6-7-19(20)29-14-17-5-4-8-28-17)12-24-13-16-10-21(26-2)22(27-3)11-18(16)23/h6-7,9-11,17,24H,4-5,8,12-14H2,1-3H3. The number of nitrogens with one attached hydrogen (secondary N) is 1. The van der Waals surface area contributed by atoms with Gasteiger partial charge in [-0.1, -0.05) is 17.7 Å². The van der Waals surface area contributed by atoms with Crippen molar-refractivity contribution >= 4 is 11.6 Å². The second-order valence-corrected chi connectivity index (χ2v) is 7.24. The van der Waals surface area contributed by atoms with Crippen LogP contribution in [0, 0.1) is 0 Å². The van der Waals surface area contributed by atoms with Crippen LogP contribution in [0.5, 0.6) is 23.0 Å². The Balaban J connectivity index is 1.57. The Kier molecular flexibility index (Phi) is 7.86. The third-order valence-corrected chi connectivity index (χ3v) is 5.23. The van der Waals surface area contributed by atoms with Crippen molar-refractivity contribution in [3.05, 3.63) is 46.5 Å². The van der Waals surface area contributed by atoms with Gasteiger partial charge < -0.3 is 29.0 Å². The van der Waals surface area contributed by atoms with Crippen LogP contribution in [0.15, 0.2) is 30.3 Å². The second-order valence-electron chi connectivity index (χ2n) is 6.83. The van der Waals surface area contributed by atoms with Crippen LogP contribution in [-0.4, -0.2) is 40.6 Å². The van der Waals surface area contributed by atoms with Crippen molar-refractivity contribution in [3.63, 3.8) is 0 Å². The summed E-state index contributed by atoms with van der Waals surface area (Å²) in [6.45, 7) is 2.62. The molecule has 1 N–H and O–H groups in total. The molecule has 6 nitrogen and oxygen atoms in total. The highest BCUT2D eigenvalue weighted by Gasteiger charge is 2.17. The molecule has 158 valence electrons. The van der Waals surface area contributed by atoms with Crippen LogP contribution in [0.3, 0.4) is 0 Å². The molecular weight excluding hydrogens is 394 g/mol. The zero-order chi connectivity index (χ0) is 20.6. The minimum atomic E-state index is 0.173. The zero-order valence-corrected chi connectivity index (χ0v) is 17.9. The lowest BCUT2D eigenvalue weighted by molar-refractivity contribution is 0.0669. The number of hydrogen-bond donors (Lipinski definition) is 1. The fraction of sp³-hybridized carbons (Fsp3) is 0.455. The van der Waals surface area contributed by atoms with Gasteiger partial charge in [0.05, 0.1) is 27.4 Å².